The second-order valence-corrected chi connectivity index (χ2v) is 4.25. The van der Waals surface area contributed by atoms with Crippen LogP contribution in [0.5, 0.6) is 0 Å². The third kappa shape index (κ3) is 1.94. The molecule has 0 unspecified atom stereocenters. The molecule has 3 nitrogen and oxygen atoms in total. The van der Waals surface area contributed by atoms with Gasteiger partial charge >= 0.3 is 7.60 Å². The van der Waals surface area contributed by atoms with E-state index in [1.54, 1.807) is 0 Å². The quantitative estimate of drug-likeness (QED) is 0.465. The maximum atomic E-state index is 11.1. The van der Waals surface area contributed by atoms with Gasteiger partial charge in [-0.25, -0.2) is 0 Å². The molecule has 9 heavy (non-hydrogen) atoms. The van der Waals surface area contributed by atoms with E-state index in [2.05, 4.69) is 0 Å². The van der Waals surface area contributed by atoms with Gasteiger partial charge in [0.1, 0.15) is 0 Å². The van der Waals surface area contributed by atoms with Crippen molar-refractivity contribution >= 4 is 19.2 Å². The van der Waals surface area contributed by atoms with Crippen LogP contribution in [0.2, 0.25) is 0 Å². The Morgan fingerprint density at radius 3 is 2.44 bits per heavy atom. The Bertz CT molecular complexity index is 128. The van der Waals surface area contributed by atoms with Gasteiger partial charge in [-0.15, -0.1) is 11.6 Å². The van der Waals surface area contributed by atoms with Gasteiger partial charge in [0.2, 0.25) is 0 Å². The van der Waals surface area contributed by atoms with Gasteiger partial charge < -0.3 is 9.05 Å². The van der Waals surface area contributed by atoms with Crippen molar-refractivity contribution in [3.8, 4) is 0 Å². The molecule has 0 amide bonds. The van der Waals surface area contributed by atoms with Crippen LogP contribution in [0.25, 0.3) is 0 Å². The monoisotopic (exact) mass is 170 g/mol. The van der Waals surface area contributed by atoms with E-state index in [9.17, 15) is 4.57 Å². The number of rotatable bonds is 2. The number of hydrogen-bond donors (Lipinski definition) is 0. The highest BCUT2D eigenvalue weighted by Crippen LogP contribution is 2.51. The lowest BCUT2D eigenvalue weighted by Crippen LogP contribution is -1.89. The molecule has 1 fully saturated rings. The molecule has 0 bridgehead atoms. The molecule has 0 radical (unpaired) electrons. The van der Waals surface area contributed by atoms with Gasteiger partial charge in [0.25, 0.3) is 0 Å². The fourth-order valence-electron chi connectivity index (χ4n) is 0.623. The summed E-state index contributed by atoms with van der Waals surface area (Å²) in [5.41, 5.74) is 0. The van der Waals surface area contributed by atoms with Gasteiger partial charge in [-0.3, -0.25) is 4.57 Å². The van der Waals surface area contributed by atoms with Crippen molar-refractivity contribution in [1.82, 2.24) is 0 Å². The predicted octanol–water partition coefficient (Wildman–Crippen LogP) is 1.47. The molecular formula is C4H8ClO3P. The van der Waals surface area contributed by atoms with Gasteiger partial charge in [-0.05, 0) is 0 Å². The van der Waals surface area contributed by atoms with Crippen LogP contribution in [0.1, 0.15) is 0 Å². The van der Waals surface area contributed by atoms with E-state index < -0.39 is 7.60 Å². The van der Waals surface area contributed by atoms with E-state index in [0.29, 0.717) is 25.3 Å². The van der Waals surface area contributed by atoms with E-state index >= 15 is 0 Å². The fraction of sp³-hybridized carbons (Fsp3) is 1.00. The Balaban J connectivity index is 2.42. The highest BCUT2D eigenvalue weighted by Gasteiger charge is 2.28. The number of alkyl halides is 1. The minimum Gasteiger partial charge on any atom is -0.306 e. The third-order valence-electron chi connectivity index (χ3n) is 1.02. The standard InChI is InChI=1S/C4H8ClO3P/c5-1-4-9(6)7-2-3-8-9/h1-4H2. The minimum atomic E-state index is -2.70. The Labute approximate surface area is 58.8 Å². The summed E-state index contributed by atoms with van der Waals surface area (Å²) >= 11 is 5.34. The summed E-state index contributed by atoms with van der Waals surface area (Å²) < 4.78 is 20.7. The van der Waals surface area contributed by atoms with E-state index in [-0.39, 0.29) is 0 Å². The molecule has 1 saturated heterocycles. The van der Waals surface area contributed by atoms with Gasteiger partial charge in [0.05, 0.1) is 19.4 Å². The van der Waals surface area contributed by atoms with Gasteiger partial charge in [-0.2, -0.15) is 0 Å². The largest absolute Gasteiger partial charge is 0.332 e. The first kappa shape index (κ1) is 7.55. The van der Waals surface area contributed by atoms with Gasteiger partial charge in [-0.1, -0.05) is 0 Å². The van der Waals surface area contributed by atoms with Gasteiger partial charge in [0.15, 0.2) is 0 Å². The van der Waals surface area contributed by atoms with Crippen LogP contribution in [0.4, 0.5) is 0 Å². The van der Waals surface area contributed by atoms with Crippen molar-refractivity contribution in [3.05, 3.63) is 0 Å². The van der Waals surface area contributed by atoms with Crippen LogP contribution in [0.15, 0.2) is 0 Å². The molecule has 0 atom stereocenters. The SMILES string of the molecule is O=P1(CCCl)OCCO1. The maximum absolute atomic E-state index is 11.1. The average Bonchev–Trinajstić information content (AvgIpc) is 2.16. The zero-order valence-corrected chi connectivity index (χ0v) is 6.53. The molecule has 0 saturated carbocycles. The van der Waals surface area contributed by atoms with E-state index in [0.717, 1.165) is 0 Å². The highest BCUT2D eigenvalue weighted by atomic mass is 35.5. The molecule has 0 aromatic heterocycles. The predicted molar refractivity (Wildman–Crippen MR) is 35.1 cm³/mol. The van der Waals surface area contributed by atoms with Crippen LogP contribution >= 0.6 is 19.2 Å². The van der Waals surface area contributed by atoms with Crippen LogP contribution in [0.3, 0.4) is 0 Å². The van der Waals surface area contributed by atoms with Crippen molar-refractivity contribution < 1.29 is 13.6 Å². The molecule has 54 valence electrons. The third-order valence-corrected chi connectivity index (χ3v) is 3.39. The highest BCUT2D eigenvalue weighted by molar-refractivity contribution is 7.54. The summed E-state index contributed by atoms with van der Waals surface area (Å²) in [5.74, 6) is 0.331. The molecule has 0 aromatic rings. The summed E-state index contributed by atoms with van der Waals surface area (Å²) in [7, 11) is -2.70. The Morgan fingerprint density at radius 2 is 2.00 bits per heavy atom. The molecule has 0 aromatic carbocycles. The van der Waals surface area contributed by atoms with Crippen LogP contribution in [0, 0.1) is 0 Å². The minimum absolute atomic E-state index is 0.328. The normalized spacial score (nSPS) is 24.6. The molecule has 0 spiro atoms. The van der Waals surface area contributed by atoms with Crippen molar-refractivity contribution in [1.29, 1.82) is 0 Å². The second kappa shape index (κ2) is 3.02. The molecule has 0 N–H and O–H groups in total. The first-order valence-corrected chi connectivity index (χ1v) is 4.97. The van der Waals surface area contributed by atoms with Gasteiger partial charge in [0, 0.05) is 5.88 Å². The zero-order valence-electron chi connectivity index (χ0n) is 4.88. The Kier molecular flexibility index (Phi) is 2.53. The topological polar surface area (TPSA) is 35.5 Å². The molecule has 0 aliphatic carbocycles. The van der Waals surface area contributed by atoms with Crippen LogP contribution in [-0.4, -0.2) is 25.3 Å². The smallest absolute Gasteiger partial charge is 0.306 e. The summed E-state index contributed by atoms with van der Waals surface area (Å²) in [5, 5.41) is 0. The van der Waals surface area contributed by atoms with Crippen molar-refractivity contribution in [2.45, 2.75) is 0 Å². The second-order valence-electron chi connectivity index (χ2n) is 1.69. The van der Waals surface area contributed by atoms with E-state index in [1.807, 2.05) is 0 Å². The molecule has 1 aliphatic rings. The van der Waals surface area contributed by atoms with Crippen molar-refractivity contribution in [3.63, 3.8) is 0 Å². The molecule has 5 heteroatoms. The van der Waals surface area contributed by atoms with Crippen molar-refractivity contribution in [2.75, 3.05) is 25.3 Å². The summed E-state index contributed by atoms with van der Waals surface area (Å²) in [4.78, 5) is 0. The van der Waals surface area contributed by atoms with Crippen molar-refractivity contribution in [2.24, 2.45) is 0 Å². The summed E-state index contributed by atoms with van der Waals surface area (Å²) in [6, 6.07) is 0. The lowest BCUT2D eigenvalue weighted by atomic mass is 10.8. The molecule has 1 aliphatic heterocycles. The zero-order chi connectivity index (χ0) is 6.74. The average molecular weight is 171 g/mol. The summed E-state index contributed by atoms with van der Waals surface area (Å²) in [6.07, 6.45) is 0.328. The Hall–Kier alpha value is 0.440. The lowest BCUT2D eigenvalue weighted by molar-refractivity contribution is 0.354. The molecule has 1 rings (SSSR count). The summed E-state index contributed by atoms with van der Waals surface area (Å²) in [6.45, 7) is 0.877. The number of hydrogen-bond acceptors (Lipinski definition) is 3. The first-order valence-electron chi connectivity index (χ1n) is 2.71. The molecule has 1 heterocycles. The Morgan fingerprint density at radius 1 is 1.44 bits per heavy atom. The van der Waals surface area contributed by atoms with Crippen LogP contribution < -0.4 is 0 Å². The maximum Gasteiger partial charge on any atom is 0.332 e. The fourth-order valence-corrected chi connectivity index (χ4v) is 2.49. The lowest BCUT2D eigenvalue weighted by Gasteiger charge is -2.04. The van der Waals surface area contributed by atoms with E-state index in [4.69, 9.17) is 20.6 Å². The van der Waals surface area contributed by atoms with E-state index in [1.165, 1.54) is 0 Å². The number of halogens is 1. The molecular weight excluding hydrogens is 162 g/mol. The van der Waals surface area contributed by atoms with Crippen LogP contribution in [-0.2, 0) is 13.6 Å². The first-order chi connectivity index (χ1) is 4.27.